The average Bonchev–Trinajstić information content (AvgIpc) is 2.72. The highest BCUT2D eigenvalue weighted by atomic mass is 35.5. The second-order valence-electron chi connectivity index (χ2n) is 6.97. The number of rotatable bonds is 5. The molecule has 1 N–H and O–H groups in total. The third kappa shape index (κ3) is 4.13. The number of nitrogens with zero attached hydrogens (tertiary/aromatic N) is 2. The van der Waals surface area contributed by atoms with E-state index < -0.39 is 0 Å². The van der Waals surface area contributed by atoms with Gasteiger partial charge in [-0.15, -0.1) is 0 Å². The summed E-state index contributed by atoms with van der Waals surface area (Å²) in [6.45, 7) is 2.44. The number of halogens is 1. The van der Waals surface area contributed by atoms with E-state index in [2.05, 4.69) is 16.3 Å². The third-order valence-electron chi connectivity index (χ3n) is 5.01. The number of benzene rings is 2. The van der Waals surface area contributed by atoms with Gasteiger partial charge in [-0.05, 0) is 29.8 Å². The van der Waals surface area contributed by atoms with Crippen LogP contribution in [-0.4, -0.2) is 49.6 Å². The molecule has 0 atom stereocenters. The lowest BCUT2D eigenvalue weighted by Crippen LogP contribution is -2.47. The number of hydrogen-bond acceptors (Lipinski definition) is 5. The summed E-state index contributed by atoms with van der Waals surface area (Å²) in [5, 5.41) is 4.47. The molecule has 6 nitrogen and oxygen atoms in total. The Labute approximate surface area is 174 Å². The lowest BCUT2D eigenvalue weighted by atomic mass is 10.0. The minimum absolute atomic E-state index is 0.0423. The molecule has 0 aliphatic carbocycles. The molecule has 7 heteroatoms. The number of carbonyl (C=O) groups is 1. The van der Waals surface area contributed by atoms with Crippen LogP contribution in [0.2, 0.25) is 5.02 Å². The molecule has 0 bridgehead atoms. The Morgan fingerprint density at radius 3 is 2.66 bits per heavy atom. The van der Waals surface area contributed by atoms with E-state index in [-0.39, 0.29) is 5.91 Å². The molecule has 0 spiro atoms. The van der Waals surface area contributed by atoms with Gasteiger partial charge in [0.15, 0.2) is 11.5 Å². The first kappa shape index (κ1) is 19.5. The third-order valence-corrected chi connectivity index (χ3v) is 5.24. The Morgan fingerprint density at radius 2 is 1.93 bits per heavy atom. The zero-order valence-electron chi connectivity index (χ0n) is 16.4. The van der Waals surface area contributed by atoms with Crippen LogP contribution in [0.4, 0.5) is 0 Å². The molecular formula is C22H22ClN3O3. The Morgan fingerprint density at radius 1 is 1.14 bits per heavy atom. The summed E-state index contributed by atoms with van der Waals surface area (Å²) in [5.41, 5.74) is 3.61. The van der Waals surface area contributed by atoms with Gasteiger partial charge in [0, 0.05) is 41.7 Å². The molecule has 1 saturated heterocycles. The highest BCUT2D eigenvalue weighted by Gasteiger charge is 2.20. The monoisotopic (exact) mass is 411 g/mol. The fraction of sp³-hybridized carbons (Fsp3) is 0.273. The molecule has 1 aliphatic rings. The maximum atomic E-state index is 11.8. The van der Waals surface area contributed by atoms with Gasteiger partial charge in [-0.2, -0.15) is 0 Å². The van der Waals surface area contributed by atoms with Crippen LogP contribution in [0.15, 0.2) is 42.5 Å². The lowest BCUT2D eigenvalue weighted by Gasteiger charge is -2.27. The normalized spacial score (nSPS) is 14.7. The SMILES string of the molecule is COc1cc2cc(CN3CCNC(=O)C3)c(-c3cccc(Cl)c3)nc2cc1OC. The van der Waals surface area contributed by atoms with Crippen LogP contribution < -0.4 is 14.8 Å². The van der Waals surface area contributed by atoms with Gasteiger partial charge in [-0.3, -0.25) is 9.69 Å². The number of pyridine rings is 1. The average molecular weight is 412 g/mol. The van der Waals surface area contributed by atoms with E-state index in [1.54, 1.807) is 14.2 Å². The molecule has 0 unspecified atom stereocenters. The summed E-state index contributed by atoms with van der Waals surface area (Å²) in [6, 6.07) is 13.6. The van der Waals surface area contributed by atoms with Crippen molar-refractivity contribution >= 4 is 28.4 Å². The molecule has 2 heterocycles. The lowest BCUT2D eigenvalue weighted by molar-refractivity contribution is -0.124. The first-order valence-corrected chi connectivity index (χ1v) is 9.76. The number of hydrogen-bond donors (Lipinski definition) is 1. The fourth-order valence-corrected chi connectivity index (χ4v) is 3.81. The Kier molecular flexibility index (Phi) is 5.56. The Balaban J connectivity index is 1.85. The van der Waals surface area contributed by atoms with Gasteiger partial charge in [0.2, 0.25) is 5.91 Å². The van der Waals surface area contributed by atoms with Gasteiger partial charge in [-0.1, -0.05) is 23.7 Å². The summed E-state index contributed by atoms with van der Waals surface area (Å²) in [4.78, 5) is 18.9. The van der Waals surface area contributed by atoms with E-state index in [0.29, 0.717) is 36.2 Å². The molecule has 1 aliphatic heterocycles. The topological polar surface area (TPSA) is 63.7 Å². The van der Waals surface area contributed by atoms with Crippen molar-refractivity contribution in [3.8, 4) is 22.8 Å². The van der Waals surface area contributed by atoms with Gasteiger partial charge in [0.1, 0.15) is 0 Å². The molecule has 1 fully saturated rings. The van der Waals surface area contributed by atoms with Crippen molar-refractivity contribution in [3.05, 3.63) is 53.1 Å². The first-order valence-electron chi connectivity index (χ1n) is 9.38. The second-order valence-corrected chi connectivity index (χ2v) is 7.40. The number of nitrogens with one attached hydrogen (secondary N) is 1. The van der Waals surface area contributed by atoms with E-state index >= 15 is 0 Å². The summed E-state index contributed by atoms with van der Waals surface area (Å²) in [6.07, 6.45) is 0. The maximum Gasteiger partial charge on any atom is 0.234 e. The van der Waals surface area contributed by atoms with Gasteiger partial charge < -0.3 is 14.8 Å². The number of methoxy groups -OCH3 is 2. The molecular weight excluding hydrogens is 390 g/mol. The van der Waals surface area contributed by atoms with E-state index in [1.807, 2.05) is 36.4 Å². The minimum atomic E-state index is 0.0423. The van der Waals surface area contributed by atoms with Gasteiger partial charge >= 0.3 is 0 Å². The molecule has 1 aromatic heterocycles. The van der Waals surface area contributed by atoms with Crippen molar-refractivity contribution in [2.45, 2.75) is 6.54 Å². The molecule has 29 heavy (non-hydrogen) atoms. The van der Waals surface area contributed by atoms with Crippen LogP contribution in [0.1, 0.15) is 5.56 Å². The van der Waals surface area contributed by atoms with Crippen molar-refractivity contribution in [2.75, 3.05) is 33.9 Å². The molecule has 0 radical (unpaired) electrons. The number of carbonyl (C=O) groups excluding carboxylic acids is 1. The standard InChI is InChI=1S/C22H22ClN3O3/c1-28-19-10-15-8-16(12-26-7-6-24-21(27)13-26)22(14-4-3-5-17(23)9-14)25-18(15)11-20(19)29-2/h3-5,8-11H,6-7,12-13H2,1-2H3,(H,24,27). The highest BCUT2D eigenvalue weighted by molar-refractivity contribution is 6.30. The fourth-order valence-electron chi connectivity index (χ4n) is 3.62. The van der Waals surface area contributed by atoms with E-state index in [1.165, 1.54) is 0 Å². The second kappa shape index (κ2) is 8.27. The molecule has 0 saturated carbocycles. The quantitative estimate of drug-likeness (QED) is 0.696. The maximum absolute atomic E-state index is 11.8. The van der Waals surface area contributed by atoms with Crippen molar-refractivity contribution < 1.29 is 14.3 Å². The summed E-state index contributed by atoms with van der Waals surface area (Å²) in [7, 11) is 3.22. The zero-order valence-corrected chi connectivity index (χ0v) is 17.1. The minimum Gasteiger partial charge on any atom is -0.493 e. The first-order chi connectivity index (χ1) is 14.1. The highest BCUT2D eigenvalue weighted by Crippen LogP contribution is 2.35. The molecule has 2 aromatic carbocycles. The molecule has 4 rings (SSSR count). The number of piperazine rings is 1. The largest absolute Gasteiger partial charge is 0.493 e. The number of ether oxygens (including phenoxy) is 2. The van der Waals surface area contributed by atoms with Crippen LogP contribution in [-0.2, 0) is 11.3 Å². The smallest absolute Gasteiger partial charge is 0.234 e. The van der Waals surface area contributed by atoms with Crippen LogP contribution >= 0.6 is 11.6 Å². The van der Waals surface area contributed by atoms with E-state index in [9.17, 15) is 4.79 Å². The number of aromatic nitrogens is 1. The number of amides is 1. The van der Waals surface area contributed by atoms with Crippen molar-refractivity contribution in [1.29, 1.82) is 0 Å². The Bertz CT molecular complexity index is 1070. The van der Waals surface area contributed by atoms with Crippen molar-refractivity contribution in [1.82, 2.24) is 15.2 Å². The molecule has 150 valence electrons. The molecule has 1 amide bonds. The van der Waals surface area contributed by atoms with Crippen LogP contribution in [0, 0.1) is 0 Å². The van der Waals surface area contributed by atoms with Crippen molar-refractivity contribution in [3.63, 3.8) is 0 Å². The number of fused-ring (bicyclic) bond motifs is 1. The van der Waals surface area contributed by atoms with E-state index in [4.69, 9.17) is 26.1 Å². The van der Waals surface area contributed by atoms with E-state index in [0.717, 1.165) is 34.3 Å². The van der Waals surface area contributed by atoms with Crippen molar-refractivity contribution in [2.24, 2.45) is 0 Å². The Hall–Kier alpha value is -2.83. The van der Waals surface area contributed by atoms with Crippen LogP contribution in [0.3, 0.4) is 0 Å². The summed E-state index contributed by atoms with van der Waals surface area (Å²) >= 11 is 6.24. The van der Waals surface area contributed by atoms with Crippen LogP contribution in [0.25, 0.3) is 22.2 Å². The van der Waals surface area contributed by atoms with Crippen LogP contribution in [0.5, 0.6) is 11.5 Å². The summed E-state index contributed by atoms with van der Waals surface area (Å²) in [5.74, 6) is 1.33. The molecule has 3 aromatic rings. The predicted molar refractivity (Wildman–Crippen MR) is 114 cm³/mol. The summed E-state index contributed by atoms with van der Waals surface area (Å²) < 4.78 is 10.9. The van der Waals surface area contributed by atoms with Gasteiger partial charge in [-0.25, -0.2) is 4.98 Å². The zero-order chi connectivity index (χ0) is 20.4. The predicted octanol–water partition coefficient (Wildman–Crippen LogP) is 3.50. The van der Waals surface area contributed by atoms with Gasteiger partial charge in [0.25, 0.3) is 0 Å². The van der Waals surface area contributed by atoms with Gasteiger partial charge in [0.05, 0.1) is 32.0 Å².